The van der Waals surface area contributed by atoms with Crippen molar-refractivity contribution in [3.63, 3.8) is 0 Å². The number of quaternary nitrogens is 1. The van der Waals surface area contributed by atoms with Crippen molar-refractivity contribution in [1.29, 1.82) is 0 Å². The number of benzene rings is 3. The van der Waals surface area contributed by atoms with Crippen molar-refractivity contribution in [1.82, 2.24) is 0 Å². The van der Waals surface area contributed by atoms with E-state index in [9.17, 15) is 4.79 Å². The van der Waals surface area contributed by atoms with Crippen LogP contribution in [0.5, 0.6) is 11.5 Å². The van der Waals surface area contributed by atoms with E-state index in [0.717, 1.165) is 39.6 Å². The first-order valence-electron chi connectivity index (χ1n) is 9.55. The minimum Gasteiger partial charge on any atom is -0.493 e. The monoisotopic (exact) mass is 390 g/mol. The van der Waals surface area contributed by atoms with Crippen LogP contribution in [0.3, 0.4) is 0 Å². The van der Waals surface area contributed by atoms with Crippen molar-refractivity contribution in [2.75, 3.05) is 21.3 Å². The van der Waals surface area contributed by atoms with Gasteiger partial charge in [0.05, 0.1) is 21.3 Å². The Hall–Kier alpha value is -3.31. The van der Waals surface area contributed by atoms with E-state index in [1.54, 1.807) is 20.3 Å². The standard InChI is InChI=1S/C24H23NO4/c1-25(14-16-8-10-20(27-2)22(12-16)28-3)15-18-13-23(26)29-21-11-9-17-6-4-5-7-19(17)24(18)21/h4-13H,14-15H2,1-3H3/p+1. The molecule has 0 aliphatic rings. The number of rotatable bonds is 6. The van der Waals surface area contributed by atoms with Gasteiger partial charge in [0, 0.05) is 22.6 Å². The summed E-state index contributed by atoms with van der Waals surface area (Å²) in [6.45, 7) is 1.48. The lowest BCUT2D eigenvalue weighted by molar-refractivity contribution is -0.907. The summed E-state index contributed by atoms with van der Waals surface area (Å²) in [5.41, 5.74) is 2.44. The quantitative estimate of drug-likeness (QED) is 0.406. The highest BCUT2D eigenvalue weighted by Crippen LogP contribution is 2.28. The largest absolute Gasteiger partial charge is 0.493 e. The molecule has 0 saturated heterocycles. The summed E-state index contributed by atoms with van der Waals surface area (Å²) < 4.78 is 16.2. The fourth-order valence-electron chi connectivity index (χ4n) is 3.89. The van der Waals surface area contributed by atoms with Gasteiger partial charge in [-0.2, -0.15) is 0 Å². The average molecular weight is 390 g/mol. The topological polar surface area (TPSA) is 53.1 Å². The zero-order chi connectivity index (χ0) is 20.4. The Morgan fingerprint density at radius 3 is 2.48 bits per heavy atom. The maximum atomic E-state index is 12.1. The van der Waals surface area contributed by atoms with Gasteiger partial charge < -0.3 is 18.8 Å². The van der Waals surface area contributed by atoms with E-state index in [0.29, 0.717) is 17.9 Å². The lowest BCUT2D eigenvalue weighted by Crippen LogP contribution is -3.06. The Bertz CT molecular complexity index is 1230. The Labute approximate surface area is 169 Å². The predicted molar refractivity (Wildman–Crippen MR) is 114 cm³/mol. The first-order valence-corrected chi connectivity index (χ1v) is 9.55. The van der Waals surface area contributed by atoms with Crippen LogP contribution in [0.2, 0.25) is 0 Å². The summed E-state index contributed by atoms with van der Waals surface area (Å²) >= 11 is 0. The minimum atomic E-state index is -0.318. The number of methoxy groups -OCH3 is 2. The molecular weight excluding hydrogens is 366 g/mol. The summed E-state index contributed by atoms with van der Waals surface area (Å²) in [6, 6.07) is 19.6. The van der Waals surface area contributed by atoms with Gasteiger partial charge in [0.2, 0.25) is 0 Å². The number of hydrogen-bond donors (Lipinski definition) is 1. The Balaban J connectivity index is 1.68. The molecule has 0 spiro atoms. The molecule has 1 aromatic heterocycles. The summed E-state index contributed by atoms with van der Waals surface area (Å²) in [5, 5.41) is 3.24. The van der Waals surface area contributed by atoms with E-state index < -0.39 is 0 Å². The highest BCUT2D eigenvalue weighted by atomic mass is 16.5. The summed E-state index contributed by atoms with van der Waals surface area (Å²) in [4.78, 5) is 13.4. The van der Waals surface area contributed by atoms with Crippen molar-refractivity contribution in [3.8, 4) is 11.5 Å². The van der Waals surface area contributed by atoms with Crippen LogP contribution in [0.4, 0.5) is 0 Å². The van der Waals surface area contributed by atoms with Crippen LogP contribution in [0.15, 0.2) is 69.9 Å². The van der Waals surface area contributed by atoms with Gasteiger partial charge in [-0.05, 0) is 35.0 Å². The number of fused-ring (bicyclic) bond motifs is 3. The molecule has 4 rings (SSSR count). The van der Waals surface area contributed by atoms with Crippen molar-refractivity contribution in [2.45, 2.75) is 13.1 Å². The van der Waals surface area contributed by atoms with Crippen LogP contribution in [0.25, 0.3) is 21.7 Å². The van der Waals surface area contributed by atoms with Crippen LogP contribution in [0, 0.1) is 0 Å². The second-order valence-corrected chi connectivity index (χ2v) is 7.25. The Morgan fingerprint density at radius 1 is 0.897 bits per heavy atom. The molecule has 0 fully saturated rings. The normalized spacial score (nSPS) is 12.2. The molecule has 5 heteroatoms. The molecule has 1 atom stereocenters. The van der Waals surface area contributed by atoms with Crippen LogP contribution < -0.4 is 20.0 Å². The molecule has 0 saturated carbocycles. The zero-order valence-electron chi connectivity index (χ0n) is 16.8. The predicted octanol–water partition coefficient (Wildman–Crippen LogP) is 3.18. The summed E-state index contributed by atoms with van der Waals surface area (Å²) in [5.74, 6) is 1.43. The fourth-order valence-corrected chi connectivity index (χ4v) is 3.89. The molecule has 29 heavy (non-hydrogen) atoms. The van der Waals surface area contributed by atoms with Gasteiger partial charge in [0.25, 0.3) is 0 Å². The Morgan fingerprint density at radius 2 is 1.69 bits per heavy atom. The zero-order valence-corrected chi connectivity index (χ0v) is 16.8. The van der Waals surface area contributed by atoms with Crippen LogP contribution in [0.1, 0.15) is 11.1 Å². The lowest BCUT2D eigenvalue weighted by atomic mass is 10.0. The summed E-state index contributed by atoms with van der Waals surface area (Å²) in [7, 11) is 5.38. The van der Waals surface area contributed by atoms with Gasteiger partial charge in [-0.3, -0.25) is 0 Å². The van der Waals surface area contributed by atoms with Crippen molar-refractivity contribution >= 4 is 21.7 Å². The first-order chi connectivity index (χ1) is 14.1. The number of hydrogen-bond acceptors (Lipinski definition) is 4. The maximum absolute atomic E-state index is 12.1. The van der Waals surface area contributed by atoms with Crippen LogP contribution in [-0.4, -0.2) is 21.3 Å². The van der Waals surface area contributed by atoms with Crippen molar-refractivity contribution in [3.05, 3.63) is 82.2 Å². The highest BCUT2D eigenvalue weighted by Gasteiger charge is 2.15. The van der Waals surface area contributed by atoms with E-state index in [4.69, 9.17) is 13.9 Å². The highest BCUT2D eigenvalue weighted by molar-refractivity contribution is 6.06. The molecule has 1 N–H and O–H groups in total. The average Bonchev–Trinajstić information content (AvgIpc) is 2.73. The number of ether oxygens (including phenoxy) is 2. The third-order valence-electron chi connectivity index (χ3n) is 5.16. The van der Waals surface area contributed by atoms with E-state index in [2.05, 4.69) is 19.2 Å². The molecule has 4 aromatic rings. The van der Waals surface area contributed by atoms with E-state index >= 15 is 0 Å². The van der Waals surface area contributed by atoms with E-state index in [-0.39, 0.29) is 5.63 Å². The molecule has 5 nitrogen and oxygen atoms in total. The molecule has 0 amide bonds. The van der Waals surface area contributed by atoms with Gasteiger partial charge in [-0.1, -0.05) is 30.3 Å². The molecule has 0 aliphatic heterocycles. The van der Waals surface area contributed by atoms with E-state index in [1.807, 2.05) is 42.5 Å². The number of nitrogens with one attached hydrogen (secondary N) is 1. The van der Waals surface area contributed by atoms with Crippen molar-refractivity contribution in [2.24, 2.45) is 0 Å². The minimum absolute atomic E-state index is 0.318. The first kappa shape index (κ1) is 19.0. The molecule has 0 radical (unpaired) electrons. The molecule has 3 aromatic carbocycles. The molecule has 1 heterocycles. The second kappa shape index (κ2) is 7.97. The lowest BCUT2D eigenvalue weighted by Gasteiger charge is -2.17. The Kier molecular flexibility index (Phi) is 5.23. The van der Waals surface area contributed by atoms with Crippen molar-refractivity contribution < 1.29 is 18.8 Å². The second-order valence-electron chi connectivity index (χ2n) is 7.25. The molecule has 148 valence electrons. The smallest absolute Gasteiger partial charge is 0.336 e. The molecule has 0 aliphatic carbocycles. The van der Waals surface area contributed by atoms with Gasteiger partial charge in [-0.15, -0.1) is 0 Å². The third-order valence-corrected chi connectivity index (χ3v) is 5.16. The maximum Gasteiger partial charge on any atom is 0.336 e. The van der Waals surface area contributed by atoms with Gasteiger partial charge in [0.1, 0.15) is 18.7 Å². The summed E-state index contributed by atoms with van der Waals surface area (Å²) in [6.07, 6.45) is 0. The third kappa shape index (κ3) is 3.82. The van der Waals surface area contributed by atoms with Gasteiger partial charge in [0.15, 0.2) is 11.5 Å². The van der Waals surface area contributed by atoms with Gasteiger partial charge in [-0.25, -0.2) is 4.79 Å². The fraction of sp³-hybridized carbons (Fsp3) is 0.208. The molecular formula is C24H24NO4+. The van der Waals surface area contributed by atoms with Crippen LogP contribution in [-0.2, 0) is 13.1 Å². The van der Waals surface area contributed by atoms with Crippen LogP contribution >= 0.6 is 0 Å². The van der Waals surface area contributed by atoms with Gasteiger partial charge >= 0.3 is 5.63 Å². The SMILES string of the molecule is COc1ccc(C[NH+](C)Cc2cc(=O)oc3ccc4ccccc4c23)cc1OC. The molecule has 0 bridgehead atoms. The van der Waals surface area contributed by atoms with E-state index in [1.165, 1.54) is 4.90 Å². The molecule has 1 unspecified atom stereocenters.